The molecule has 3 aromatic heterocycles. The number of pyridine rings is 2. The summed E-state index contributed by atoms with van der Waals surface area (Å²) in [6.45, 7) is 2.36. The molecule has 0 spiro atoms. The van der Waals surface area contributed by atoms with Crippen molar-refractivity contribution in [2.75, 3.05) is 26.5 Å². The van der Waals surface area contributed by atoms with Crippen LogP contribution >= 0.6 is 0 Å². The third kappa shape index (κ3) is 5.03. The van der Waals surface area contributed by atoms with Crippen molar-refractivity contribution in [3.63, 3.8) is 0 Å². The lowest BCUT2D eigenvalue weighted by molar-refractivity contribution is -0.649. The number of rotatable bonds is 8. The summed E-state index contributed by atoms with van der Waals surface area (Å²) < 4.78 is 27.3. The zero-order chi connectivity index (χ0) is 28.4. The number of amides is 1. The molecule has 0 aliphatic rings. The maximum absolute atomic E-state index is 13.6. The molecule has 204 valence electrons. The van der Waals surface area contributed by atoms with E-state index in [9.17, 15) is 14.0 Å². The van der Waals surface area contributed by atoms with E-state index in [2.05, 4.69) is 5.32 Å². The summed E-state index contributed by atoms with van der Waals surface area (Å²) in [5.74, 6) is 0.564. The molecule has 0 bridgehead atoms. The van der Waals surface area contributed by atoms with Crippen LogP contribution in [0.4, 0.5) is 10.2 Å². The Morgan fingerprint density at radius 3 is 2.50 bits per heavy atom. The van der Waals surface area contributed by atoms with Crippen molar-refractivity contribution in [3.05, 3.63) is 105 Å². The number of carbonyl (C=O) groups is 1. The molecule has 0 radical (unpaired) electrons. The number of fused-ring (bicyclic) bond motifs is 2. The molecular formula is C30H29FN5O4+. The summed E-state index contributed by atoms with van der Waals surface area (Å²) in [7, 11) is 3.13. The van der Waals surface area contributed by atoms with Crippen LogP contribution in [0, 0.1) is 12.7 Å². The Morgan fingerprint density at radius 2 is 1.77 bits per heavy atom. The number of methoxy groups -OCH3 is 2. The Hall–Kier alpha value is -4.99. The first-order valence-electron chi connectivity index (χ1n) is 12.7. The predicted molar refractivity (Wildman–Crippen MR) is 149 cm³/mol. The molecule has 0 unspecified atom stereocenters. The van der Waals surface area contributed by atoms with Gasteiger partial charge in [0.15, 0.2) is 11.5 Å². The molecule has 40 heavy (non-hydrogen) atoms. The Labute approximate surface area is 229 Å². The van der Waals surface area contributed by atoms with Gasteiger partial charge in [0.2, 0.25) is 11.5 Å². The van der Waals surface area contributed by atoms with Crippen LogP contribution in [0.2, 0.25) is 0 Å². The molecule has 5 aromatic rings. The smallest absolute Gasteiger partial charge is 0.278 e. The van der Waals surface area contributed by atoms with Gasteiger partial charge in [-0.2, -0.15) is 0 Å². The van der Waals surface area contributed by atoms with Gasteiger partial charge < -0.3 is 20.5 Å². The van der Waals surface area contributed by atoms with E-state index in [0.717, 1.165) is 16.7 Å². The average molecular weight is 543 g/mol. The molecule has 3 heterocycles. The minimum absolute atomic E-state index is 0.144. The van der Waals surface area contributed by atoms with Crippen LogP contribution in [-0.2, 0) is 13.0 Å². The largest absolute Gasteiger partial charge is 0.493 e. The average Bonchev–Trinajstić information content (AvgIpc) is 2.96. The first kappa shape index (κ1) is 26.6. The monoisotopic (exact) mass is 542 g/mol. The van der Waals surface area contributed by atoms with Gasteiger partial charge in [-0.05, 0) is 60.9 Å². The quantitative estimate of drug-likeness (QED) is 0.230. The normalized spacial score (nSPS) is 11.1. The summed E-state index contributed by atoms with van der Waals surface area (Å²) in [5, 5.41) is 3.14. The van der Waals surface area contributed by atoms with Crippen LogP contribution in [-0.4, -0.2) is 36.1 Å². The third-order valence-corrected chi connectivity index (χ3v) is 6.82. The van der Waals surface area contributed by atoms with Crippen molar-refractivity contribution in [2.24, 2.45) is 0 Å². The highest BCUT2D eigenvalue weighted by atomic mass is 19.1. The van der Waals surface area contributed by atoms with Gasteiger partial charge in [-0.3, -0.25) is 14.0 Å². The third-order valence-electron chi connectivity index (χ3n) is 6.82. The topological polar surface area (TPSA) is 112 Å². The second kappa shape index (κ2) is 11.0. The number of ether oxygens (including phenoxy) is 2. The lowest BCUT2D eigenvalue weighted by atomic mass is 10.1. The summed E-state index contributed by atoms with van der Waals surface area (Å²) in [6, 6.07) is 16.6. The molecule has 1 amide bonds. The number of hydrogen-bond acceptors (Lipinski definition) is 6. The lowest BCUT2D eigenvalue weighted by Gasteiger charge is -2.13. The maximum Gasteiger partial charge on any atom is 0.278 e. The Morgan fingerprint density at radius 1 is 1.05 bits per heavy atom. The number of aryl methyl sites for hydroxylation is 1. The number of halogens is 1. The van der Waals surface area contributed by atoms with E-state index in [0.29, 0.717) is 35.8 Å². The van der Waals surface area contributed by atoms with Crippen molar-refractivity contribution < 1.29 is 23.2 Å². The van der Waals surface area contributed by atoms with E-state index in [1.165, 1.54) is 22.6 Å². The molecular weight excluding hydrogens is 513 g/mol. The number of anilines is 1. The van der Waals surface area contributed by atoms with E-state index >= 15 is 0 Å². The lowest BCUT2D eigenvalue weighted by Crippen LogP contribution is -2.43. The van der Waals surface area contributed by atoms with Gasteiger partial charge in [-0.15, -0.1) is 0 Å². The fraction of sp³-hybridized carbons (Fsp3) is 0.200. The number of hydrogen-bond donors (Lipinski definition) is 2. The van der Waals surface area contributed by atoms with E-state index in [1.54, 1.807) is 43.2 Å². The maximum atomic E-state index is 13.6. The summed E-state index contributed by atoms with van der Waals surface area (Å²) >= 11 is 0. The number of nitrogens with zero attached hydrogens (tertiary/aromatic N) is 3. The van der Waals surface area contributed by atoms with Crippen LogP contribution < -0.4 is 30.7 Å². The zero-order valence-electron chi connectivity index (χ0n) is 22.4. The molecule has 3 N–H and O–H groups in total. The van der Waals surface area contributed by atoms with Gasteiger partial charge in [-0.1, -0.05) is 29.2 Å². The van der Waals surface area contributed by atoms with Crippen molar-refractivity contribution in [1.82, 2.24) is 14.7 Å². The minimum atomic E-state index is -0.429. The summed E-state index contributed by atoms with van der Waals surface area (Å²) in [5.41, 5.74) is 9.70. The summed E-state index contributed by atoms with van der Waals surface area (Å²) in [6.07, 6.45) is 2.17. The predicted octanol–water partition coefficient (Wildman–Crippen LogP) is 3.20. The standard InChI is InChI=1S/C30H28FN5O4/c1-18-5-4-14-35-27(18)34-28-23(30(35)38)16-22(26(32)36(28)17-20-6-9-21(31)10-7-20)29(37)33-13-12-19-8-11-24(39-2)25(15-19)40-3/h4-11,14-16,32H,12-13,17H2,1-3H3,(H,33,37)/p+1. The second-order valence-electron chi connectivity index (χ2n) is 9.39. The molecule has 10 heteroatoms. The fourth-order valence-electron chi connectivity index (χ4n) is 4.68. The molecule has 2 aromatic carbocycles. The van der Waals surface area contributed by atoms with Crippen LogP contribution in [0.1, 0.15) is 27.0 Å². The number of nitrogen functional groups attached to an aromatic ring is 1. The van der Waals surface area contributed by atoms with Crippen molar-refractivity contribution in [2.45, 2.75) is 19.9 Å². The van der Waals surface area contributed by atoms with Crippen LogP contribution in [0.25, 0.3) is 16.7 Å². The molecule has 0 atom stereocenters. The van der Waals surface area contributed by atoms with Crippen molar-refractivity contribution in [1.29, 1.82) is 0 Å². The van der Waals surface area contributed by atoms with Gasteiger partial charge in [0, 0.05) is 18.3 Å². The first-order valence-corrected chi connectivity index (χ1v) is 12.7. The molecule has 0 saturated carbocycles. The SMILES string of the molecule is COc1ccc(CCNC(=O)c2cc3c(=O)n4cccc(C)c4nc3[n+](Cc3ccc(F)cc3)c2N)cc1OC. The zero-order valence-corrected chi connectivity index (χ0v) is 22.4. The van der Waals surface area contributed by atoms with E-state index < -0.39 is 5.91 Å². The van der Waals surface area contributed by atoms with Crippen molar-refractivity contribution >= 4 is 28.4 Å². The van der Waals surface area contributed by atoms with Gasteiger partial charge in [0.1, 0.15) is 16.8 Å². The van der Waals surface area contributed by atoms with Gasteiger partial charge >= 0.3 is 0 Å². The highest BCUT2D eigenvalue weighted by Gasteiger charge is 2.25. The van der Waals surface area contributed by atoms with Gasteiger partial charge in [0.25, 0.3) is 17.1 Å². The van der Waals surface area contributed by atoms with Gasteiger partial charge in [-0.25, -0.2) is 8.96 Å². The Kier molecular flexibility index (Phi) is 7.33. The summed E-state index contributed by atoms with van der Waals surface area (Å²) in [4.78, 5) is 31.7. The van der Waals surface area contributed by atoms with Gasteiger partial charge in [0.05, 0.1) is 20.8 Å². The van der Waals surface area contributed by atoms with E-state index in [1.807, 2.05) is 31.2 Å². The fourth-order valence-corrected chi connectivity index (χ4v) is 4.68. The Balaban J connectivity index is 1.53. The number of aromatic nitrogens is 3. The van der Waals surface area contributed by atoms with Crippen LogP contribution in [0.3, 0.4) is 0 Å². The highest BCUT2D eigenvalue weighted by molar-refractivity contribution is 6.00. The number of benzene rings is 2. The van der Waals surface area contributed by atoms with E-state index in [-0.39, 0.29) is 34.7 Å². The van der Waals surface area contributed by atoms with E-state index in [4.69, 9.17) is 20.2 Å². The molecule has 0 fully saturated rings. The van der Waals surface area contributed by atoms with Crippen LogP contribution in [0.15, 0.2) is 71.7 Å². The Bertz CT molecular complexity index is 1800. The second-order valence-corrected chi connectivity index (χ2v) is 9.39. The van der Waals surface area contributed by atoms with Crippen LogP contribution in [0.5, 0.6) is 11.5 Å². The molecule has 5 rings (SSSR count). The minimum Gasteiger partial charge on any atom is -0.493 e. The number of nitrogens with one attached hydrogen (secondary N) is 1. The molecule has 0 aliphatic heterocycles. The number of carbonyl (C=O) groups excluding carboxylic acids is 1. The molecule has 0 saturated heterocycles. The highest BCUT2D eigenvalue weighted by Crippen LogP contribution is 2.27. The number of nitrogens with two attached hydrogens (primary N) is 1. The molecule has 9 nitrogen and oxygen atoms in total. The molecule has 0 aliphatic carbocycles. The van der Waals surface area contributed by atoms with Crippen molar-refractivity contribution in [3.8, 4) is 11.5 Å². The first-order chi connectivity index (χ1) is 19.3.